The van der Waals surface area contributed by atoms with Crippen LogP contribution in [0.5, 0.6) is 0 Å². The first-order valence-corrected chi connectivity index (χ1v) is 9.02. The Labute approximate surface area is 130 Å². The zero-order chi connectivity index (χ0) is 14.8. The summed E-state index contributed by atoms with van der Waals surface area (Å²) in [6.07, 6.45) is 19.4. The van der Waals surface area contributed by atoms with Gasteiger partial charge in [0.05, 0.1) is 0 Å². The maximum Gasteiger partial charge on any atom is 0.0315 e. The lowest BCUT2D eigenvalue weighted by Crippen LogP contribution is -2.31. The van der Waals surface area contributed by atoms with Crippen LogP contribution in [0, 0.1) is 0 Å². The topological polar surface area (TPSA) is 24.9 Å². The number of nitrogens with one attached hydrogen (secondary N) is 1. The van der Waals surface area contributed by atoms with E-state index in [9.17, 15) is 0 Å². The van der Waals surface area contributed by atoms with Crippen molar-refractivity contribution in [2.75, 3.05) is 0 Å². The molecule has 0 aromatic carbocycles. The molecule has 1 fully saturated rings. The molecule has 1 atom stereocenters. The van der Waals surface area contributed by atoms with E-state index in [1.807, 2.05) is 18.5 Å². The van der Waals surface area contributed by atoms with Gasteiger partial charge in [-0.2, -0.15) is 0 Å². The van der Waals surface area contributed by atoms with Crippen LogP contribution in [0.25, 0.3) is 0 Å². The van der Waals surface area contributed by atoms with Gasteiger partial charge in [0.15, 0.2) is 0 Å². The van der Waals surface area contributed by atoms with Gasteiger partial charge in [0, 0.05) is 24.5 Å². The van der Waals surface area contributed by atoms with Crippen molar-refractivity contribution in [1.82, 2.24) is 10.3 Å². The van der Waals surface area contributed by atoms with E-state index >= 15 is 0 Å². The van der Waals surface area contributed by atoms with Crippen molar-refractivity contribution < 1.29 is 0 Å². The van der Waals surface area contributed by atoms with Crippen LogP contribution in [0.4, 0.5) is 0 Å². The molecule has 118 valence electrons. The molecule has 1 unspecified atom stereocenters. The summed E-state index contributed by atoms with van der Waals surface area (Å²) >= 11 is 0. The average molecular weight is 288 g/mol. The molecule has 1 N–H and O–H groups in total. The van der Waals surface area contributed by atoms with Gasteiger partial charge in [-0.1, -0.05) is 63.9 Å². The first-order chi connectivity index (χ1) is 10.4. The third-order valence-electron chi connectivity index (χ3n) is 4.78. The quantitative estimate of drug-likeness (QED) is 0.805. The van der Waals surface area contributed by atoms with Crippen LogP contribution in [-0.2, 0) is 0 Å². The number of nitrogens with zero attached hydrogens (tertiary/aromatic N) is 1. The third kappa shape index (κ3) is 6.60. The second kappa shape index (κ2) is 9.94. The van der Waals surface area contributed by atoms with Crippen molar-refractivity contribution in [3.05, 3.63) is 30.1 Å². The number of aromatic nitrogens is 1. The highest BCUT2D eigenvalue weighted by Gasteiger charge is 2.13. The molecule has 1 heterocycles. The van der Waals surface area contributed by atoms with E-state index in [2.05, 4.69) is 23.3 Å². The van der Waals surface area contributed by atoms with Crippen LogP contribution in [0.1, 0.15) is 89.2 Å². The molecule has 0 spiro atoms. The molecular weight excluding hydrogens is 256 g/mol. The highest BCUT2D eigenvalue weighted by atomic mass is 14.9. The van der Waals surface area contributed by atoms with Gasteiger partial charge >= 0.3 is 0 Å². The third-order valence-corrected chi connectivity index (χ3v) is 4.78. The number of hydrogen-bond donors (Lipinski definition) is 1. The van der Waals surface area contributed by atoms with Crippen molar-refractivity contribution in [2.45, 2.75) is 89.6 Å². The first kappa shape index (κ1) is 16.5. The van der Waals surface area contributed by atoms with Crippen molar-refractivity contribution in [3.8, 4) is 0 Å². The molecule has 2 heteroatoms. The van der Waals surface area contributed by atoms with Gasteiger partial charge in [-0.05, 0) is 31.4 Å². The molecule has 2 nitrogen and oxygen atoms in total. The summed E-state index contributed by atoms with van der Waals surface area (Å²) in [5, 5.41) is 3.85. The van der Waals surface area contributed by atoms with E-state index in [1.165, 1.54) is 76.2 Å². The number of rotatable bonds is 3. The van der Waals surface area contributed by atoms with Crippen molar-refractivity contribution in [2.24, 2.45) is 0 Å². The molecule has 1 aliphatic carbocycles. The van der Waals surface area contributed by atoms with Crippen LogP contribution < -0.4 is 5.32 Å². The number of pyridine rings is 1. The molecule has 0 saturated heterocycles. The van der Waals surface area contributed by atoms with Crippen LogP contribution in [-0.4, -0.2) is 11.0 Å². The zero-order valence-corrected chi connectivity index (χ0v) is 13.7. The molecule has 1 saturated carbocycles. The van der Waals surface area contributed by atoms with E-state index in [0.29, 0.717) is 12.1 Å². The monoisotopic (exact) mass is 288 g/mol. The molecule has 1 aromatic rings. The highest BCUT2D eigenvalue weighted by molar-refractivity contribution is 5.12. The lowest BCUT2D eigenvalue weighted by molar-refractivity contribution is 0.374. The minimum Gasteiger partial charge on any atom is -0.307 e. The Bertz CT molecular complexity index is 351. The van der Waals surface area contributed by atoms with Crippen LogP contribution in [0.2, 0.25) is 0 Å². The molecule has 1 aromatic heterocycles. The maximum atomic E-state index is 4.24. The Morgan fingerprint density at radius 1 is 0.952 bits per heavy atom. The molecule has 0 aliphatic heterocycles. The molecule has 0 radical (unpaired) electrons. The fourth-order valence-electron chi connectivity index (χ4n) is 3.41. The predicted molar refractivity (Wildman–Crippen MR) is 90.4 cm³/mol. The van der Waals surface area contributed by atoms with Gasteiger partial charge in [0.1, 0.15) is 0 Å². The Morgan fingerprint density at radius 2 is 1.52 bits per heavy atom. The summed E-state index contributed by atoms with van der Waals surface area (Å²) in [5.74, 6) is 0. The second-order valence-corrected chi connectivity index (χ2v) is 6.63. The molecule has 2 rings (SSSR count). The second-order valence-electron chi connectivity index (χ2n) is 6.63. The SMILES string of the molecule is CC(NC1CCCCCCCCCCC1)c1cccnc1. The van der Waals surface area contributed by atoms with Gasteiger partial charge in [0.25, 0.3) is 0 Å². The standard InChI is InChI=1S/C19H32N2/c1-17(18-12-11-15-20-16-18)21-19-13-9-7-5-3-2-4-6-8-10-14-19/h11-12,15-17,19,21H,2-10,13-14H2,1H3. The molecule has 1 aliphatic rings. The smallest absolute Gasteiger partial charge is 0.0315 e. The fourth-order valence-corrected chi connectivity index (χ4v) is 3.41. The minimum absolute atomic E-state index is 0.414. The van der Waals surface area contributed by atoms with E-state index in [0.717, 1.165) is 0 Å². The van der Waals surface area contributed by atoms with Crippen LogP contribution >= 0.6 is 0 Å². The van der Waals surface area contributed by atoms with Crippen molar-refractivity contribution >= 4 is 0 Å². The summed E-state index contributed by atoms with van der Waals surface area (Å²) in [5.41, 5.74) is 1.31. The van der Waals surface area contributed by atoms with Gasteiger partial charge in [-0.25, -0.2) is 0 Å². The molecular formula is C19H32N2. The first-order valence-electron chi connectivity index (χ1n) is 9.02. The van der Waals surface area contributed by atoms with Crippen LogP contribution in [0.15, 0.2) is 24.5 Å². The predicted octanol–water partition coefficient (Wildman–Crippen LogP) is 5.41. The molecule has 0 amide bonds. The Morgan fingerprint density at radius 3 is 2.05 bits per heavy atom. The summed E-state index contributed by atoms with van der Waals surface area (Å²) in [6, 6.07) is 5.31. The molecule has 21 heavy (non-hydrogen) atoms. The van der Waals surface area contributed by atoms with E-state index in [-0.39, 0.29) is 0 Å². The highest BCUT2D eigenvalue weighted by Crippen LogP contribution is 2.19. The van der Waals surface area contributed by atoms with Crippen molar-refractivity contribution in [3.63, 3.8) is 0 Å². The summed E-state index contributed by atoms with van der Waals surface area (Å²) < 4.78 is 0. The van der Waals surface area contributed by atoms with Gasteiger partial charge < -0.3 is 5.32 Å². The summed E-state index contributed by atoms with van der Waals surface area (Å²) in [4.78, 5) is 4.24. The minimum atomic E-state index is 0.414. The summed E-state index contributed by atoms with van der Waals surface area (Å²) in [6.45, 7) is 2.27. The number of hydrogen-bond acceptors (Lipinski definition) is 2. The fraction of sp³-hybridized carbons (Fsp3) is 0.737. The Balaban J connectivity index is 1.82. The average Bonchev–Trinajstić information content (AvgIpc) is 2.51. The van der Waals surface area contributed by atoms with Crippen molar-refractivity contribution in [1.29, 1.82) is 0 Å². The zero-order valence-electron chi connectivity index (χ0n) is 13.7. The van der Waals surface area contributed by atoms with E-state index in [4.69, 9.17) is 0 Å². The normalized spacial score (nSPS) is 21.2. The van der Waals surface area contributed by atoms with E-state index < -0.39 is 0 Å². The Hall–Kier alpha value is -0.890. The Kier molecular flexibility index (Phi) is 7.80. The summed E-state index contributed by atoms with van der Waals surface area (Å²) in [7, 11) is 0. The lowest BCUT2D eigenvalue weighted by Gasteiger charge is -2.24. The molecule has 0 bridgehead atoms. The van der Waals surface area contributed by atoms with Gasteiger partial charge in [0.2, 0.25) is 0 Å². The maximum absolute atomic E-state index is 4.24. The van der Waals surface area contributed by atoms with Gasteiger partial charge in [-0.15, -0.1) is 0 Å². The lowest BCUT2D eigenvalue weighted by atomic mass is 9.97. The van der Waals surface area contributed by atoms with E-state index in [1.54, 1.807) is 0 Å². The van der Waals surface area contributed by atoms with Gasteiger partial charge in [-0.3, -0.25) is 4.98 Å². The van der Waals surface area contributed by atoms with Crippen LogP contribution in [0.3, 0.4) is 0 Å². The largest absolute Gasteiger partial charge is 0.307 e.